The number of carboxylic acids is 1. The second kappa shape index (κ2) is 12.7. The minimum Gasteiger partial charge on any atom is -0.481 e. The van der Waals surface area contributed by atoms with Gasteiger partial charge in [0.2, 0.25) is 5.95 Å². The van der Waals surface area contributed by atoms with Crippen LogP contribution < -0.4 is 5.32 Å². The molecule has 5 rings (SSSR count). The highest BCUT2D eigenvalue weighted by Gasteiger charge is 2.47. The summed E-state index contributed by atoms with van der Waals surface area (Å²) in [6.45, 7) is 6.74. The third kappa shape index (κ3) is 7.40. The van der Waals surface area contributed by atoms with Gasteiger partial charge in [-0.25, -0.2) is 14.8 Å². The van der Waals surface area contributed by atoms with Crippen LogP contribution in [-0.2, 0) is 34.0 Å². The van der Waals surface area contributed by atoms with Crippen LogP contribution in [0.3, 0.4) is 0 Å². The van der Waals surface area contributed by atoms with Gasteiger partial charge in [-0.3, -0.25) is 4.79 Å². The highest BCUT2D eigenvalue weighted by Crippen LogP contribution is 2.45. The van der Waals surface area contributed by atoms with E-state index < -0.39 is 28.7 Å². The molecule has 1 saturated heterocycles. The van der Waals surface area contributed by atoms with Crippen LogP contribution in [0.25, 0.3) is 0 Å². The van der Waals surface area contributed by atoms with E-state index in [-0.39, 0.29) is 36.5 Å². The Morgan fingerprint density at radius 2 is 1.69 bits per heavy atom. The van der Waals surface area contributed by atoms with Crippen LogP contribution in [-0.4, -0.2) is 50.7 Å². The first kappa shape index (κ1) is 32.2. The maximum absolute atomic E-state index is 13.9. The summed E-state index contributed by atoms with van der Waals surface area (Å²) in [7, 11) is 0. The average molecular weight is 625 g/mol. The summed E-state index contributed by atoms with van der Waals surface area (Å²) in [5.41, 5.74) is 0.547. The third-order valence-electron chi connectivity index (χ3n) is 8.74. The molecule has 2 heterocycles. The molecule has 0 radical (unpaired) electrons. The number of piperidine rings is 1. The summed E-state index contributed by atoms with van der Waals surface area (Å²) < 4.78 is 47.3. The number of aryl methyl sites for hydroxylation is 2. The van der Waals surface area contributed by atoms with Gasteiger partial charge in [0, 0.05) is 25.0 Å². The standard InChI is InChI=1S/C34H39F3N4O4/c1-32(2,3)45-31(44)41-19-15-23(16-20-41)22-9-12-25(13-10-22)39-30-38-21-27(34(35,36)37)28(40-30)14-11-24-7-4-5-8-26(24)33(29(42)43)17-6-18-33/h4-5,7-10,12-13,21,23H,6,11,14-20H2,1-3H3,(H,42,43)(H,38,39,40). The topological polar surface area (TPSA) is 105 Å². The van der Waals surface area contributed by atoms with Gasteiger partial charge in [-0.15, -0.1) is 0 Å². The monoisotopic (exact) mass is 624 g/mol. The molecule has 0 atom stereocenters. The first-order chi connectivity index (χ1) is 21.2. The highest BCUT2D eigenvalue weighted by atomic mass is 19.4. The Labute approximate surface area is 261 Å². The molecular formula is C34H39F3N4O4. The van der Waals surface area contributed by atoms with E-state index >= 15 is 0 Å². The second-order valence-corrected chi connectivity index (χ2v) is 12.9. The predicted octanol–water partition coefficient (Wildman–Crippen LogP) is 7.65. The van der Waals surface area contributed by atoms with Gasteiger partial charge in [0.15, 0.2) is 0 Å². The van der Waals surface area contributed by atoms with E-state index in [4.69, 9.17) is 4.74 Å². The van der Waals surface area contributed by atoms with E-state index in [0.29, 0.717) is 42.7 Å². The number of carbonyl (C=O) groups excluding carboxylic acids is 1. The molecule has 1 aromatic heterocycles. The number of ether oxygens (including phenoxy) is 1. The largest absolute Gasteiger partial charge is 0.481 e. The van der Waals surface area contributed by atoms with E-state index in [1.54, 1.807) is 29.2 Å². The van der Waals surface area contributed by atoms with E-state index in [1.807, 2.05) is 45.0 Å². The summed E-state index contributed by atoms with van der Waals surface area (Å²) in [4.78, 5) is 34.5. The lowest BCUT2D eigenvalue weighted by Gasteiger charge is -2.39. The molecule has 3 aromatic rings. The number of anilines is 2. The molecule has 0 bridgehead atoms. The lowest BCUT2D eigenvalue weighted by Crippen LogP contribution is -2.43. The van der Waals surface area contributed by atoms with Crippen LogP contribution in [0.1, 0.15) is 86.7 Å². The van der Waals surface area contributed by atoms with Crippen LogP contribution in [0.5, 0.6) is 0 Å². The third-order valence-corrected chi connectivity index (χ3v) is 8.74. The molecule has 0 unspecified atom stereocenters. The SMILES string of the molecule is CC(C)(C)OC(=O)N1CCC(c2ccc(Nc3ncc(C(F)(F)F)c(CCc4ccccc4C4(C(=O)O)CCC4)n3)cc2)CC1. The molecule has 11 heteroatoms. The zero-order valence-electron chi connectivity index (χ0n) is 25.8. The number of halogens is 3. The molecule has 1 amide bonds. The first-order valence-electron chi connectivity index (χ1n) is 15.3. The number of aromatic nitrogens is 2. The van der Waals surface area contributed by atoms with Crippen LogP contribution in [0, 0.1) is 0 Å². The quantitative estimate of drug-likeness (QED) is 0.265. The number of carbonyl (C=O) groups is 2. The van der Waals surface area contributed by atoms with Crippen molar-refractivity contribution in [2.24, 2.45) is 0 Å². The summed E-state index contributed by atoms with van der Waals surface area (Å²) in [5, 5.41) is 13.0. The van der Waals surface area contributed by atoms with Crippen molar-refractivity contribution < 1.29 is 32.6 Å². The van der Waals surface area contributed by atoms with Crippen molar-refractivity contribution in [3.8, 4) is 0 Å². The van der Waals surface area contributed by atoms with Gasteiger partial charge in [-0.1, -0.05) is 42.8 Å². The van der Waals surface area contributed by atoms with Crippen molar-refractivity contribution in [3.63, 3.8) is 0 Å². The number of amides is 1. The molecule has 0 spiro atoms. The number of carboxylic acid groups (broad SMARTS) is 1. The minimum absolute atomic E-state index is 0.0281. The van der Waals surface area contributed by atoms with Crippen LogP contribution in [0.2, 0.25) is 0 Å². The molecule has 2 aliphatic rings. The Balaban J connectivity index is 1.26. The van der Waals surface area contributed by atoms with Crippen molar-refractivity contribution in [2.75, 3.05) is 18.4 Å². The predicted molar refractivity (Wildman–Crippen MR) is 164 cm³/mol. The molecule has 8 nitrogen and oxygen atoms in total. The Kier molecular flexibility index (Phi) is 9.09. The number of benzene rings is 2. The van der Waals surface area contributed by atoms with E-state index in [0.717, 1.165) is 31.0 Å². The normalized spacial score (nSPS) is 17.0. The van der Waals surface area contributed by atoms with E-state index in [9.17, 15) is 27.9 Å². The fraction of sp³-hybridized carbons (Fsp3) is 0.471. The zero-order valence-corrected chi connectivity index (χ0v) is 25.8. The number of alkyl halides is 3. The first-order valence-corrected chi connectivity index (χ1v) is 15.3. The number of likely N-dealkylation sites (tertiary alicyclic amines) is 1. The summed E-state index contributed by atoms with van der Waals surface area (Å²) in [6, 6.07) is 14.7. The summed E-state index contributed by atoms with van der Waals surface area (Å²) in [5.74, 6) is -0.580. The van der Waals surface area contributed by atoms with Crippen LogP contribution in [0.4, 0.5) is 29.6 Å². The number of aliphatic carboxylic acids is 1. The van der Waals surface area contributed by atoms with Crippen LogP contribution in [0.15, 0.2) is 54.7 Å². The zero-order chi connectivity index (χ0) is 32.4. The van der Waals surface area contributed by atoms with Gasteiger partial charge in [0.05, 0.1) is 16.7 Å². The molecule has 1 aliphatic carbocycles. The number of nitrogens with zero attached hydrogens (tertiary/aromatic N) is 3. The lowest BCUT2D eigenvalue weighted by molar-refractivity contribution is -0.147. The molecule has 1 aliphatic heterocycles. The van der Waals surface area contributed by atoms with Crippen molar-refractivity contribution in [2.45, 2.75) is 88.8 Å². The van der Waals surface area contributed by atoms with Gasteiger partial charge in [-0.2, -0.15) is 13.2 Å². The number of hydrogen-bond donors (Lipinski definition) is 2. The Bertz CT molecular complexity index is 1520. The second-order valence-electron chi connectivity index (χ2n) is 12.9. The number of rotatable bonds is 8. The summed E-state index contributed by atoms with van der Waals surface area (Å²) in [6.07, 6.45) is -0.527. The van der Waals surface area contributed by atoms with E-state index in [2.05, 4.69) is 15.3 Å². The van der Waals surface area contributed by atoms with Gasteiger partial charge in [0.25, 0.3) is 0 Å². The highest BCUT2D eigenvalue weighted by molar-refractivity contribution is 5.83. The van der Waals surface area contributed by atoms with Crippen LogP contribution >= 0.6 is 0 Å². The maximum atomic E-state index is 13.9. The van der Waals surface area contributed by atoms with Crippen molar-refractivity contribution in [3.05, 3.63) is 82.7 Å². The fourth-order valence-corrected chi connectivity index (χ4v) is 6.18. The van der Waals surface area contributed by atoms with Gasteiger partial charge in [-0.05, 0) is 94.0 Å². The molecule has 1 saturated carbocycles. The smallest absolute Gasteiger partial charge is 0.419 e. The number of nitrogens with one attached hydrogen (secondary N) is 1. The molecule has 45 heavy (non-hydrogen) atoms. The number of hydrogen-bond acceptors (Lipinski definition) is 6. The fourth-order valence-electron chi connectivity index (χ4n) is 6.18. The van der Waals surface area contributed by atoms with E-state index in [1.165, 1.54) is 0 Å². The Hall–Kier alpha value is -4.15. The van der Waals surface area contributed by atoms with Crippen molar-refractivity contribution in [1.82, 2.24) is 14.9 Å². The molecule has 2 N–H and O–H groups in total. The molecule has 240 valence electrons. The molecular weight excluding hydrogens is 585 g/mol. The Morgan fingerprint density at radius 1 is 1.02 bits per heavy atom. The average Bonchev–Trinajstić information content (AvgIpc) is 2.95. The minimum atomic E-state index is -4.63. The lowest BCUT2D eigenvalue weighted by atomic mass is 9.63. The van der Waals surface area contributed by atoms with Gasteiger partial charge in [0.1, 0.15) is 5.60 Å². The Morgan fingerprint density at radius 3 is 2.27 bits per heavy atom. The van der Waals surface area contributed by atoms with Gasteiger partial charge < -0.3 is 20.1 Å². The van der Waals surface area contributed by atoms with Gasteiger partial charge >= 0.3 is 18.2 Å². The van der Waals surface area contributed by atoms with Crippen molar-refractivity contribution in [1.29, 1.82) is 0 Å². The summed E-state index contributed by atoms with van der Waals surface area (Å²) >= 11 is 0. The van der Waals surface area contributed by atoms with Crippen molar-refractivity contribution >= 4 is 23.7 Å². The molecule has 2 fully saturated rings. The maximum Gasteiger partial charge on any atom is 0.419 e. The molecule has 2 aromatic carbocycles.